The summed E-state index contributed by atoms with van der Waals surface area (Å²) >= 11 is 0. The maximum atomic E-state index is 9.17. The van der Waals surface area contributed by atoms with E-state index >= 15 is 0 Å². The van der Waals surface area contributed by atoms with Gasteiger partial charge in [0.2, 0.25) is 11.8 Å². The van der Waals surface area contributed by atoms with Crippen LogP contribution in [0.4, 0.5) is 0 Å². The molecule has 1 aromatic rings. The van der Waals surface area contributed by atoms with Crippen molar-refractivity contribution < 1.29 is 9.84 Å². The quantitative estimate of drug-likeness (QED) is 0.714. The Morgan fingerprint density at radius 2 is 2.25 bits per heavy atom. The van der Waals surface area contributed by atoms with Gasteiger partial charge in [0.1, 0.15) is 5.82 Å². The van der Waals surface area contributed by atoms with E-state index in [9.17, 15) is 5.11 Å². The van der Waals surface area contributed by atoms with Gasteiger partial charge in [0.25, 0.3) is 0 Å². The predicted molar refractivity (Wildman–Crippen MR) is 42.2 cm³/mol. The van der Waals surface area contributed by atoms with Crippen molar-refractivity contribution in [2.45, 2.75) is 18.8 Å². The number of aromatic hydroxyl groups is 1. The fourth-order valence-electron chi connectivity index (χ4n) is 1.06. The second-order valence-electron chi connectivity index (χ2n) is 2.90. The van der Waals surface area contributed by atoms with Crippen LogP contribution in [-0.4, -0.2) is 22.2 Å². The molecule has 1 aliphatic rings. The minimum absolute atomic E-state index is 0.0104. The Morgan fingerprint density at radius 1 is 1.50 bits per heavy atom. The first kappa shape index (κ1) is 7.34. The molecule has 2 rings (SSSR count). The lowest BCUT2D eigenvalue weighted by Crippen LogP contribution is -1.95. The first-order chi connectivity index (χ1) is 5.79. The number of hydrogen-bond acceptors (Lipinski definition) is 4. The molecule has 1 saturated carbocycles. The van der Waals surface area contributed by atoms with Gasteiger partial charge < -0.3 is 9.84 Å². The topological polar surface area (TPSA) is 55.2 Å². The second kappa shape index (κ2) is 2.62. The molecule has 1 N–H and O–H groups in total. The van der Waals surface area contributed by atoms with E-state index in [2.05, 4.69) is 9.97 Å². The average Bonchev–Trinajstić information content (AvgIpc) is 2.85. The molecule has 0 saturated heterocycles. The number of rotatable bonds is 2. The van der Waals surface area contributed by atoms with Crippen LogP contribution in [0, 0.1) is 0 Å². The van der Waals surface area contributed by atoms with Crippen molar-refractivity contribution in [3.05, 3.63) is 11.9 Å². The molecule has 4 nitrogen and oxygen atoms in total. The third-order valence-electron chi connectivity index (χ3n) is 1.86. The Labute approximate surface area is 70.2 Å². The average molecular weight is 166 g/mol. The van der Waals surface area contributed by atoms with Gasteiger partial charge in [-0.05, 0) is 12.8 Å². The molecule has 0 aromatic carbocycles. The highest BCUT2D eigenvalue weighted by Gasteiger charge is 2.27. The molecule has 1 aromatic heterocycles. The molecule has 1 aliphatic carbocycles. The van der Waals surface area contributed by atoms with E-state index in [-0.39, 0.29) is 5.88 Å². The molecule has 1 heterocycles. The zero-order valence-electron chi connectivity index (χ0n) is 6.82. The fraction of sp³-hybridized carbons (Fsp3) is 0.500. The Hall–Kier alpha value is -1.32. The van der Waals surface area contributed by atoms with E-state index in [1.54, 1.807) is 0 Å². The summed E-state index contributed by atoms with van der Waals surface area (Å²) in [5.41, 5.74) is 0. The van der Waals surface area contributed by atoms with Gasteiger partial charge in [0.15, 0.2) is 0 Å². The monoisotopic (exact) mass is 166 g/mol. The van der Waals surface area contributed by atoms with Gasteiger partial charge in [-0.15, -0.1) is 0 Å². The van der Waals surface area contributed by atoms with E-state index in [0.717, 1.165) is 12.8 Å². The van der Waals surface area contributed by atoms with Crippen molar-refractivity contribution >= 4 is 0 Å². The van der Waals surface area contributed by atoms with Gasteiger partial charge in [0.05, 0.1) is 13.2 Å². The summed E-state index contributed by atoms with van der Waals surface area (Å²) in [6.07, 6.45) is 2.24. The molecule has 0 unspecified atom stereocenters. The summed E-state index contributed by atoms with van der Waals surface area (Å²) in [7, 11) is 1.53. The van der Waals surface area contributed by atoms with E-state index in [0.29, 0.717) is 17.6 Å². The van der Waals surface area contributed by atoms with Crippen LogP contribution in [0.2, 0.25) is 0 Å². The van der Waals surface area contributed by atoms with Crippen LogP contribution in [0.3, 0.4) is 0 Å². The highest BCUT2D eigenvalue weighted by Crippen LogP contribution is 2.39. The Bertz CT molecular complexity index is 297. The summed E-state index contributed by atoms with van der Waals surface area (Å²) in [4.78, 5) is 8.03. The maximum absolute atomic E-state index is 9.17. The lowest BCUT2D eigenvalue weighted by Gasteiger charge is -2.01. The zero-order valence-corrected chi connectivity index (χ0v) is 6.82. The number of ether oxygens (including phenoxy) is 1. The van der Waals surface area contributed by atoms with E-state index in [1.807, 2.05) is 0 Å². The molecule has 0 spiro atoms. The van der Waals surface area contributed by atoms with Crippen LogP contribution in [-0.2, 0) is 0 Å². The standard InChI is InChI=1S/C8H10N2O2/c1-12-7-4-6(11)9-8(10-7)5-2-3-5/h4-5H,2-3H2,1H3,(H,9,10,11). The van der Waals surface area contributed by atoms with E-state index in [4.69, 9.17) is 4.74 Å². The van der Waals surface area contributed by atoms with Crippen molar-refractivity contribution in [3.63, 3.8) is 0 Å². The Morgan fingerprint density at radius 3 is 2.83 bits per heavy atom. The van der Waals surface area contributed by atoms with Crippen molar-refractivity contribution in [2.75, 3.05) is 7.11 Å². The molecule has 0 radical (unpaired) electrons. The first-order valence-corrected chi connectivity index (χ1v) is 3.91. The molecule has 12 heavy (non-hydrogen) atoms. The molecule has 64 valence electrons. The van der Waals surface area contributed by atoms with Crippen LogP contribution < -0.4 is 4.74 Å². The Kier molecular flexibility index (Phi) is 1.60. The van der Waals surface area contributed by atoms with E-state index in [1.165, 1.54) is 13.2 Å². The minimum Gasteiger partial charge on any atom is -0.493 e. The normalized spacial score (nSPS) is 16.1. The predicted octanol–water partition coefficient (Wildman–Crippen LogP) is 1.07. The van der Waals surface area contributed by atoms with Crippen molar-refractivity contribution in [3.8, 4) is 11.8 Å². The Balaban J connectivity index is 2.34. The number of methoxy groups -OCH3 is 1. The smallest absolute Gasteiger partial charge is 0.220 e. The van der Waals surface area contributed by atoms with Gasteiger partial charge in [-0.3, -0.25) is 0 Å². The SMILES string of the molecule is COc1cc(O)nc(C2CC2)n1. The molecular weight excluding hydrogens is 156 g/mol. The molecule has 4 heteroatoms. The molecule has 1 fully saturated rings. The zero-order chi connectivity index (χ0) is 8.55. The third-order valence-corrected chi connectivity index (χ3v) is 1.86. The van der Waals surface area contributed by atoms with Crippen molar-refractivity contribution in [1.29, 1.82) is 0 Å². The maximum Gasteiger partial charge on any atom is 0.220 e. The molecular formula is C8H10N2O2. The van der Waals surface area contributed by atoms with Crippen LogP contribution in [0.1, 0.15) is 24.6 Å². The van der Waals surface area contributed by atoms with Gasteiger partial charge in [-0.2, -0.15) is 9.97 Å². The van der Waals surface area contributed by atoms with Crippen LogP contribution in [0.25, 0.3) is 0 Å². The molecule has 0 aliphatic heterocycles. The lowest BCUT2D eigenvalue weighted by atomic mass is 10.4. The first-order valence-electron chi connectivity index (χ1n) is 3.91. The second-order valence-corrected chi connectivity index (χ2v) is 2.90. The number of nitrogens with zero attached hydrogens (tertiary/aromatic N) is 2. The summed E-state index contributed by atoms with van der Waals surface area (Å²) < 4.78 is 4.90. The highest BCUT2D eigenvalue weighted by molar-refractivity contribution is 5.22. The molecule has 0 bridgehead atoms. The van der Waals surface area contributed by atoms with Crippen LogP contribution in [0.5, 0.6) is 11.8 Å². The largest absolute Gasteiger partial charge is 0.493 e. The van der Waals surface area contributed by atoms with Gasteiger partial charge in [-0.1, -0.05) is 0 Å². The summed E-state index contributed by atoms with van der Waals surface area (Å²) in [6, 6.07) is 1.41. The van der Waals surface area contributed by atoms with Crippen molar-refractivity contribution in [2.24, 2.45) is 0 Å². The van der Waals surface area contributed by atoms with Crippen molar-refractivity contribution in [1.82, 2.24) is 9.97 Å². The minimum atomic E-state index is -0.0104. The number of aromatic nitrogens is 2. The summed E-state index contributed by atoms with van der Waals surface area (Å²) in [5, 5.41) is 9.17. The summed E-state index contributed by atoms with van der Waals surface area (Å²) in [5.74, 6) is 1.56. The number of hydrogen-bond donors (Lipinski definition) is 1. The van der Waals surface area contributed by atoms with Gasteiger partial charge in [0, 0.05) is 5.92 Å². The van der Waals surface area contributed by atoms with Crippen LogP contribution >= 0.6 is 0 Å². The highest BCUT2D eigenvalue weighted by atomic mass is 16.5. The summed E-state index contributed by atoms with van der Waals surface area (Å²) in [6.45, 7) is 0. The fourth-order valence-corrected chi connectivity index (χ4v) is 1.06. The van der Waals surface area contributed by atoms with E-state index < -0.39 is 0 Å². The molecule has 0 atom stereocenters. The van der Waals surface area contributed by atoms with Gasteiger partial charge >= 0.3 is 0 Å². The lowest BCUT2D eigenvalue weighted by molar-refractivity contribution is 0.382. The molecule has 0 amide bonds. The van der Waals surface area contributed by atoms with Gasteiger partial charge in [-0.25, -0.2) is 0 Å². The third kappa shape index (κ3) is 1.32. The van der Waals surface area contributed by atoms with Crippen LogP contribution in [0.15, 0.2) is 6.07 Å².